The molecule has 2 aromatic carbocycles. The van der Waals surface area contributed by atoms with Gasteiger partial charge in [0, 0.05) is 17.3 Å². The number of benzene rings is 2. The van der Waals surface area contributed by atoms with Crippen molar-refractivity contribution in [2.75, 3.05) is 5.32 Å². The van der Waals surface area contributed by atoms with Gasteiger partial charge in [0.15, 0.2) is 11.6 Å². The summed E-state index contributed by atoms with van der Waals surface area (Å²) in [4.78, 5) is 17.0. The number of aromatic nitrogens is 2. The molecule has 0 aliphatic carbocycles. The molecule has 0 saturated heterocycles. The van der Waals surface area contributed by atoms with Crippen LogP contribution in [0.2, 0.25) is 0 Å². The van der Waals surface area contributed by atoms with Gasteiger partial charge in [-0.2, -0.15) is 26.3 Å². The van der Waals surface area contributed by atoms with E-state index < -0.39 is 46.6 Å². The van der Waals surface area contributed by atoms with E-state index in [0.29, 0.717) is 5.56 Å². The summed E-state index contributed by atoms with van der Waals surface area (Å²) in [6, 6.07) is 6.71. The molecule has 4 rings (SSSR count). The molecule has 2 aromatic heterocycles. The molecule has 4 aromatic rings. The Labute approximate surface area is 191 Å². The van der Waals surface area contributed by atoms with Crippen molar-refractivity contribution in [3.8, 4) is 11.3 Å². The molecule has 0 aliphatic rings. The predicted octanol–water partition coefficient (Wildman–Crippen LogP) is 6.88. The fourth-order valence-corrected chi connectivity index (χ4v) is 3.41. The molecule has 0 radical (unpaired) electrons. The van der Waals surface area contributed by atoms with Crippen LogP contribution in [0.3, 0.4) is 0 Å². The third kappa shape index (κ3) is 4.68. The Bertz CT molecular complexity index is 1420. The van der Waals surface area contributed by atoms with E-state index in [-0.39, 0.29) is 40.9 Å². The van der Waals surface area contributed by atoms with Crippen molar-refractivity contribution >= 4 is 17.4 Å². The molecule has 0 fully saturated rings. The molecule has 0 unspecified atom stereocenters. The molecule has 0 bridgehead atoms. The minimum absolute atomic E-state index is 0.110. The number of nitrogens with one attached hydrogen (secondary N) is 1. The van der Waals surface area contributed by atoms with Crippen molar-refractivity contribution < 1.29 is 39.9 Å². The first-order valence-corrected chi connectivity index (χ1v) is 9.79. The summed E-state index contributed by atoms with van der Waals surface area (Å²) in [6.07, 6.45) is -8.92. The van der Waals surface area contributed by atoms with Gasteiger partial charge in [0.05, 0.1) is 11.1 Å². The molecule has 0 saturated carbocycles. The Morgan fingerprint density at radius 2 is 1.54 bits per heavy atom. The largest absolute Gasteiger partial charge is 0.416 e. The van der Waals surface area contributed by atoms with Crippen LogP contribution in [0.4, 0.5) is 40.9 Å². The van der Waals surface area contributed by atoms with Crippen LogP contribution >= 0.6 is 0 Å². The van der Waals surface area contributed by atoms with E-state index >= 15 is 0 Å². The van der Waals surface area contributed by atoms with E-state index in [1.54, 1.807) is 13.0 Å². The zero-order valence-electron chi connectivity index (χ0n) is 17.5. The van der Waals surface area contributed by atoms with Crippen molar-refractivity contribution in [3.63, 3.8) is 0 Å². The molecule has 12 heteroatoms. The van der Waals surface area contributed by atoms with E-state index in [0.717, 1.165) is 12.1 Å². The van der Waals surface area contributed by atoms with Crippen molar-refractivity contribution in [1.29, 1.82) is 0 Å². The van der Waals surface area contributed by atoms with Gasteiger partial charge >= 0.3 is 12.4 Å². The van der Waals surface area contributed by atoms with Crippen LogP contribution in [-0.2, 0) is 12.4 Å². The molecule has 0 atom stereocenters. The summed E-state index contributed by atoms with van der Waals surface area (Å²) in [7, 11) is 0. The van der Waals surface area contributed by atoms with E-state index in [1.807, 2.05) is 0 Å². The topological polar surface area (TPSA) is 46.4 Å². The quantitative estimate of drug-likeness (QED) is 0.313. The van der Waals surface area contributed by atoms with Crippen LogP contribution in [-0.4, -0.2) is 15.3 Å². The number of imidazole rings is 1. The van der Waals surface area contributed by atoms with Gasteiger partial charge in [0.1, 0.15) is 17.2 Å². The highest BCUT2D eigenvalue weighted by atomic mass is 19.4. The Balaban J connectivity index is 1.87. The third-order valence-corrected chi connectivity index (χ3v) is 5.07. The maximum absolute atomic E-state index is 14.5. The molecular weight excluding hydrogens is 486 g/mol. The van der Waals surface area contributed by atoms with Crippen LogP contribution in [0.5, 0.6) is 0 Å². The van der Waals surface area contributed by atoms with E-state index in [2.05, 4.69) is 10.3 Å². The lowest BCUT2D eigenvalue weighted by molar-refractivity contribution is -0.143. The summed E-state index contributed by atoms with van der Waals surface area (Å²) in [6.45, 7) is 1.71. The van der Waals surface area contributed by atoms with Crippen molar-refractivity contribution in [2.45, 2.75) is 19.3 Å². The van der Waals surface area contributed by atoms with Gasteiger partial charge in [0.25, 0.3) is 5.91 Å². The first kappa shape index (κ1) is 24.2. The molecular formula is C23H13F8N3O. The first-order valence-electron chi connectivity index (χ1n) is 9.79. The predicted molar refractivity (Wildman–Crippen MR) is 110 cm³/mol. The maximum atomic E-state index is 14.5. The number of rotatable bonds is 3. The minimum Gasteiger partial charge on any atom is -0.306 e. The SMILES string of the molecule is Cc1ccn2c(NC(=O)c3cc(C(F)(F)F)cc(C(F)(F)F)c3)c(-c3cccc(F)c3F)nc2c1. The summed E-state index contributed by atoms with van der Waals surface area (Å²) in [5, 5.41) is 2.21. The summed E-state index contributed by atoms with van der Waals surface area (Å²) < 4.78 is 109. The van der Waals surface area contributed by atoms with E-state index in [9.17, 15) is 39.9 Å². The standard InChI is InChI=1S/C23H13F8N3O/c1-11-5-6-34-17(7-11)32-19(15-3-2-4-16(24)18(15)25)20(34)33-21(35)12-8-13(22(26,27)28)10-14(9-12)23(29,30)31/h2-10H,1H3,(H,33,35). The summed E-state index contributed by atoms with van der Waals surface area (Å²) >= 11 is 0. The second-order valence-electron chi connectivity index (χ2n) is 7.59. The second-order valence-corrected chi connectivity index (χ2v) is 7.59. The van der Waals surface area contributed by atoms with Gasteiger partial charge in [-0.05, 0) is 55.0 Å². The Kier molecular flexibility index (Phi) is 5.78. The molecule has 2 heterocycles. The fraction of sp³-hybridized carbons (Fsp3) is 0.130. The number of pyridine rings is 1. The van der Waals surface area contributed by atoms with Gasteiger partial charge in [-0.15, -0.1) is 0 Å². The zero-order chi connectivity index (χ0) is 25.7. The lowest BCUT2D eigenvalue weighted by Crippen LogP contribution is -2.18. The first-order chi connectivity index (χ1) is 16.3. The lowest BCUT2D eigenvalue weighted by atomic mass is 10.0. The van der Waals surface area contributed by atoms with Crippen molar-refractivity contribution in [2.24, 2.45) is 0 Å². The number of fused-ring (bicyclic) bond motifs is 1. The molecule has 35 heavy (non-hydrogen) atoms. The summed E-state index contributed by atoms with van der Waals surface area (Å²) in [5.41, 5.74) is -4.07. The smallest absolute Gasteiger partial charge is 0.306 e. The van der Waals surface area contributed by atoms with Crippen molar-refractivity contribution in [3.05, 3.63) is 88.6 Å². The molecule has 0 spiro atoms. The van der Waals surface area contributed by atoms with Gasteiger partial charge in [-0.1, -0.05) is 6.07 Å². The average Bonchev–Trinajstić information content (AvgIpc) is 3.11. The van der Waals surface area contributed by atoms with E-state index in [4.69, 9.17) is 0 Å². The number of hydrogen-bond acceptors (Lipinski definition) is 2. The van der Waals surface area contributed by atoms with Gasteiger partial charge in [0.2, 0.25) is 0 Å². The number of aryl methyl sites for hydroxylation is 1. The normalized spacial score (nSPS) is 12.3. The van der Waals surface area contributed by atoms with Crippen LogP contribution in [0.15, 0.2) is 54.7 Å². The maximum Gasteiger partial charge on any atom is 0.416 e. The number of hydrogen-bond donors (Lipinski definition) is 1. The van der Waals surface area contributed by atoms with E-state index in [1.165, 1.54) is 22.7 Å². The van der Waals surface area contributed by atoms with Crippen molar-refractivity contribution in [1.82, 2.24) is 9.38 Å². The van der Waals surface area contributed by atoms with Crippen LogP contribution in [0.25, 0.3) is 16.9 Å². The molecule has 1 N–H and O–H groups in total. The van der Waals surface area contributed by atoms with Crippen LogP contribution in [0.1, 0.15) is 27.0 Å². The number of carbonyl (C=O) groups is 1. The molecule has 4 nitrogen and oxygen atoms in total. The number of amides is 1. The minimum atomic E-state index is -5.16. The highest BCUT2D eigenvalue weighted by molar-refractivity contribution is 6.06. The highest BCUT2D eigenvalue weighted by Gasteiger charge is 2.37. The van der Waals surface area contributed by atoms with Gasteiger partial charge in [-0.25, -0.2) is 13.8 Å². The molecule has 182 valence electrons. The second kappa shape index (κ2) is 8.36. The van der Waals surface area contributed by atoms with Crippen LogP contribution < -0.4 is 5.32 Å². The summed E-state index contributed by atoms with van der Waals surface area (Å²) in [5.74, 6) is -4.15. The number of alkyl halides is 6. The van der Waals surface area contributed by atoms with Gasteiger partial charge < -0.3 is 5.32 Å². The number of halogens is 8. The number of anilines is 1. The van der Waals surface area contributed by atoms with Crippen LogP contribution in [0, 0.1) is 18.6 Å². The zero-order valence-corrected chi connectivity index (χ0v) is 17.5. The Morgan fingerprint density at radius 3 is 2.14 bits per heavy atom. The Morgan fingerprint density at radius 1 is 0.914 bits per heavy atom. The monoisotopic (exact) mass is 499 g/mol. The third-order valence-electron chi connectivity index (χ3n) is 5.07. The number of carbonyl (C=O) groups excluding carboxylic acids is 1. The van der Waals surface area contributed by atoms with Gasteiger partial charge in [-0.3, -0.25) is 9.20 Å². The average molecular weight is 499 g/mol. The molecule has 1 amide bonds. The Hall–Kier alpha value is -3.96. The molecule has 0 aliphatic heterocycles. The fourth-order valence-electron chi connectivity index (χ4n) is 3.41. The number of nitrogens with zero attached hydrogens (tertiary/aromatic N) is 2. The highest BCUT2D eigenvalue weighted by Crippen LogP contribution is 2.37. The lowest BCUT2D eigenvalue weighted by Gasteiger charge is -2.14.